The van der Waals surface area contributed by atoms with Gasteiger partial charge in [-0.1, -0.05) is 18.2 Å². The highest BCUT2D eigenvalue weighted by atomic mass is 32.2. The van der Waals surface area contributed by atoms with Gasteiger partial charge in [-0.05, 0) is 43.2 Å². The number of alkyl halides is 7. The first-order valence-electron chi connectivity index (χ1n) is 9.37. The van der Waals surface area contributed by atoms with Crippen molar-refractivity contribution in [2.45, 2.75) is 31.9 Å². The van der Waals surface area contributed by atoms with Crippen LogP contribution >= 0.6 is 0 Å². The molecule has 14 heteroatoms. The van der Waals surface area contributed by atoms with Crippen molar-refractivity contribution >= 4 is 27.5 Å². The lowest BCUT2D eigenvalue weighted by Crippen LogP contribution is -2.50. The van der Waals surface area contributed by atoms with Gasteiger partial charge in [-0.3, -0.25) is 9.52 Å². The zero-order valence-electron chi connectivity index (χ0n) is 18.2. The van der Waals surface area contributed by atoms with Crippen molar-refractivity contribution in [1.29, 1.82) is 0 Å². The molecular weight excluding hydrogens is 495 g/mol. The molecule has 0 saturated heterocycles. The molecule has 188 valence electrons. The number of hydrogen-bond donors (Lipinski definition) is 2. The first-order chi connectivity index (χ1) is 15.3. The first-order valence-corrected chi connectivity index (χ1v) is 10.8. The Kier molecular flexibility index (Phi) is 7.29. The summed E-state index contributed by atoms with van der Waals surface area (Å²) in [5.41, 5.74) is -7.92. The van der Waals surface area contributed by atoms with E-state index in [1.54, 1.807) is 0 Å². The fourth-order valence-electron chi connectivity index (χ4n) is 3.00. The van der Waals surface area contributed by atoms with Crippen LogP contribution in [0.3, 0.4) is 0 Å². The predicted octanol–water partition coefficient (Wildman–Crippen LogP) is 5.06. The molecule has 34 heavy (non-hydrogen) atoms. The van der Waals surface area contributed by atoms with Gasteiger partial charge in [-0.15, -0.1) is 0 Å². The number of nitrogens with one attached hydrogen (secondary N) is 2. The lowest BCUT2D eigenvalue weighted by molar-refractivity contribution is -0.348. The number of aryl methyl sites for hydroxylation is 2. The number of anilines is 2. The number of hydrogen-bond acceptors (Lipinski definition) is 3. The number of carbonyl (C=O) groups is 1. The lowest BCUT2D eigenvalue weighted by Gasteiger charge is -2.31. The molecule has 0 aromatic heterocycles. The van der Waals surface area contributed by atoms with Gasteiger partial charge in [0.1, 0.15) is 0 Å². The minimum Gasteiger partial charge on any atom is -0.322 e. The van der Waals surface area contributed by atoms with Gasteiger partial charge in [0, 0.05) is 30.9 Å². The second-order valence-corrected chi connectivity index (χ2v) is 9.45. The van der Waals surface area contributed by atoms with E-state index < -0.39 is 39.7 Å². The summed E-state index contributed by atoms with van der Waals surface area (Å²) in [6.45, 7) is 2.22. The standard InChI is InChI=1S/C20H20F7N3O3S/c1-11-8-14(18(21,19(22,23)24)20(25,26)27)9-12(2)16(11)28-17(31)13-6-5-7-15(10-13)29-34(32,33)30(3)4/h5-10,29H,1-4H3,(H,28,31). The van der Waals surface area contributed by atoms with Crippen LogP contribution in [0.4, 0.5) is 42.1 Å². The van der Waals surface area contributed by atoms with E-state index in [0.717, 1.165) is 18.2 Å². The number of carbonyl (C=O) groups excluding carboxylic acids is 1. The molecule has 2 rings (SSSR count). The van der Waals surface area contributed by atoms with Crippen molar-refractivity contribution in [2.24, 2.45) is 0 Å². The maximum atomic E-state index is 14.4. The summed E-state index contributed by atoms with van der Waals surface area (Å²) >= 11 is 0. The smallest absolute Gasteiger partial charge is 0.322 e. The summed E-state index contributed by atoms with van der Waals surface area (Å²) < 4.78 is 120. The van der Waals surface area contributed by atoms with E-state index in [9.17, 15) is 43.9 Å². The van der Waals surface area contributed by atoms with E-state index in [1.807, 2.05) is 0 Å². The molecule has 0 unspecified atom stereocenters. The molecule has 0 fully saturated rings. The molecule has 0 saturated carbocycles. The van der Waals surface area contributed by atoms with Crippen molar-refractivity contribution in [1.82, 2.24) is 4.31 Å². The van der Waals surface area contributed by atoms with Crippen molar-refractivity contribution in [3.63, 3.8) is 0 Å². The summed E-state index contributed by atoms with van der Waals surface area (Å²) in [6.07, 6.45) is -12.5. The first kappa shape index (κ1) is 27.4. The largest absolute Gasteiger partial charge is 0.435 e. The minimum atomic E-state index is -6.27. The zero-order chi connectivity index (χ0) is 26.3. The summed E-state index contributed by atoms with van der Waals surface area (Å²) in [5.74, 6) is -0.831. The van der Waals surface area contributed by atoms with Gasteiger partial charge in [0.25, 0.3) is 5.91 Å². The Morgan fingerprint density at radius 3 is 1.82 bits per heavy atom. The van der Waals surface area contributed by atoms with Crippen molar-refractivity contribution < 1.29 is 43.9 Å². The van der Waals surface area contributed by atoms with E-state index >= 15 is 0 Å². The molecule has 0 aliphatic carbocycles. The molecule has 0 radical (unpaired) electrons. The van der Waals surface area contributed by atoms with Crippen molar-refractivity contribution in [2.75, 3.05) is 24.1 Å². The van der Waals surface area contributed by atoms with Crippen molar-refractivity contribution in [3.8, 4) is 0 Å². The van der Waals surface area contributed by atoms with Crippen LogP contribution in [0.5, 0.6) is 0 Å². The molecule has 0 heterocycles. The number of nitrogens with zero attached hydrogens (tertiary/aromatic N) is 1. The molecule has 2 N–H and O–H groups in total. The molecule has 0 aliphatic heterocycles. The number of halogens is 7. The summed E-state index contributed by atoms with van der Waals surface area (Å²) in [6, 6.07) is 5.93. The van der Waals surface area contributed by atoms with Gasteiger partial charge in [0.05, 0.1) is 5.69 Å². The molecule has 6 nitrogen and oxygen atoms in total. The third-order valence-electron chi connectivity index (χ3n) is 4.80. The topological polar surface area (TPSA) is 78.5 Å². The average molecular weight is 515 g/mol. The Bertz CT molecular complexity index is 1160. The minimum absolute atomic E-state index is 0.0303. The van der Waals surface area contributed by atoms with E-state index in [0.29, 0.717) is 12.1 Å². The van der Waals surface area contributed by atoms with Crippen LogP contribution in [0.25, 0.3) is 0 Å². The van der Waals surface area contributed by atoms with Gasteiger partial charge in [-0.2, -0.15) is 39.1 Å². The quantitative estimate of drug-likeness (QED) is 0.528. The number of amides is 1. The van der Waals surface area contributed by atoms with E-state index in [-0.39, 0.29) is 28.1 Å². The Morgan fingerprint density at radius 2 is 1.38 bits per heavy atom. The maximum Gasteiger partial charge on any atom is 0.435 e. The molecule has 1 amide bonds. The van der Waals surface area contributed by atoms with E-state index in [2.05, 4.69) is 10.0 Å². The molecule has 0 spiro atoms. The third-order valence-corrected chi connectivity index (χ3v) is 6.26. The van der Waals surface area contributed by atoms with E-state index in [4.69, 9.17) is 0 Å². The Labute approximate surface area is 190 Å². The van der Waals surface area contributed by atoms with Crippen LogP contribution in [-0.4, -0.2) is 45.1 Å². The fourth-order valence-corrected chi connectivity index (χ4v) is 3.60. The monoisotopic (exact) mass is 515 g/mol. The lowest BCUT2D eigenvalue weighted by atomic mass is 9.90. The summed E-state index contributed by atoms with van der Waals surface area (Å²) in [7, 11) is -1.33. The fraction of sp³-hybridized carbons (Fsp3) is 0.350. The zero-order valence-corrected chi connectivity index (χ0v) is 19.0. The Hall–Kier alpha value is -2.87. The molecular formula is C20H20F7N3O3S. The molecule has 0 bridgehead atoms. The van der Waals surface area contributed by atoms with Crippen molar-refractivity contribution in [3.05, 3.63) is 58.7 Å². The second-order valence-electron chi connectivity index (χ2n) is 7.56. The van der Waals surface area contributed by atoms with Gasteiger partial charge in [0.2, 0.25) is 0 Å². The Balaban J connectivity index is 2.41. The molecule has 2 aromatic rings. The van der Waals surface area contributed by atoms with Crippen LogP contribution in [0.2, 0.25) is 0 Å². The third kappa shape index (κ3) is 5.27. The predicted molar refractivity (Wildman–Crippen MR) is 111 cm³/mol. The molecule has 2 aromatic carbocycles. The molecule has 0 aliphatic rings. The number of rotatable bonds is 6. The molecule has 0 atom stereocenters. The van der Waals surface area contributed by atoms with E-state index in [1.165, 1.54) is 38.4 Å². The maximum absolute atomic E-state index is 14.4. The van der Waals surface area contributed by atoms with Gasteiger partial charge < -0.3 is 5.32 Å². The van der Waals surface area contributed by atoms with Crippen LogP contribution in [-0.2, 0) is 15.9 Å². The summed E-state index contributed by atoms with van der Waals surface area (Å²) in [4.78, 5) is 12.6. The Morgan fingerprint density at radius 1 is 0.882 bits per heavy atom. The normalized spacial score (nSPS) is 13.2. The van der Waals surface area contributed by atoms with Gasteiger partial charge in [0.15, 0.2) is 0 Å². The van der Waals surface area contributed by atoms with Crippen LogP contribution in [0, 0.1) is 13.8 Å². The highest BCUT2D eigenvalue weighted by Crippen LogP contribution is 2.53. The average Bonchev–Trinajstić information content (AvgIpc) is 2.67. The van der Waals surface area contributed by atoms with Crippen LogP contribution < -0.4 is 10.0 Å². The second kappa shape index (κ2) is 9.06. The van der Waals surface area contributed by atoms with Crippen LogP contribution in [0.1, 0.15) is 27.0 Å². The SMILES string of the molecule is Cc1cc(C(F)(C(F)(F)F)C(F)(F)F)cc(C)c1NC(=O)c1cccc(NS(=O)(=O)N(C)C)c1. The highest BCUT2D eigenvalue weighted by Gasteiger charge is 2.73. The van der Waals surface area contributed by atoms with Gasteiger partial charge in [-0.25, -0.2) is 4.39 Å². The number of benzene rings is 2. The van der Waals surface area contributed by atoms with Crippen LogP contribution in [0.15, 0.2) is 36.4 Å². The summed E-state index contributed by atoms with van der Waals surface area (Å²) in [5, 5.41) is 2.35. The van der Waals surface area contributed by atoms with Gasteiger partial charge >= 0.3 is 28.2 Å². The highest BCUT2D eigenvalue weighted by molar-refractivity contribution is 7.90.